The third kappa shape index (κ3) is 3.28. The van der Waals surface area contributed by atoms with Gasteiger partial charge < -0.3 is 5.32 Å². The number of aromatic nitrogens is 2. The number of amides is 1. The summed E-state index contributed by atoms with van der Waals surface area (Å²) in [6.45, 7) is 1.78. The Kier molecular flexibility index (Phi) is 4.67. The fourth-order valence-electron chi connectivity index (χ4n) is 3.07. The molecule has 1 amide bonds. The van der Waals surface area contributed by atoms with E-state index < -0.39 is 0 Å². The van der Waals surface area contributed by atoms with Gasteiger partial charge in [-0.2, -0.15) is 0 Å². The van der Waals surface area contributed by atoms with E-state index >= 15 is 0 Å². The van der Waals surface area contributed by atoms with E-state index in [0.29, 0.717) is 38.7 Å². The first-order valence-corrected chi connectivity index (χ1v) is 9.07. The Morgan fingerprint density at radius 2 is 1.64 bits per heavy atom. The molecule has 1 aromatic heterocycles. The Hall–Kier alpha value is -3.44. The van der Waals surface area contributed by atoms with Crippen LogP contribution in [0, 0.1) is 6.92 Å². The molecule has 4 aromatic rings. The number of fused-ring (bicyclic) bond motifs is 1. The van der Waals surface area contributed by atoms with Crippen molar-refractivity contribution in [2.24, 2.45) is 0 Å². The van der Waals surface area contributed by atoms with Crippen LogP contribution in [0.5, 0.6) is 0 Å². The molecule has 1 heterocycles. The molecule has 0 aliphatic heterocycles. The Bertz CT molecular complexity index is 1250. The highest BCUT2D eigenvalue weighted by molar-refractivity contribution is 6.33. The summed E-state index contributed by atoms with van der Waals surface area (Å²) >= 11 is 6.08. The topological polar surface area (TPSA) is 64.0 Å². The molecule has 0 fully saturated rings. The molecule has 0 radical (unpaired) electrons. The highest BCUT2D eigenvalue weighted by atomic mass is 35.5. The van der Waals surface area contributed by atoms with E-state index in [-0.39, 0.29) is 11.5 Å². The van der Waals surface area contributed by atoms with Crippen LogP contribution in [0.2, 0.25) is 5.02 Å². The number of nitrogens with one attached hydrogen (secondary N) is 1. The van der Waals surface area contributed by atoms with Gasteiger partial charge in [-0.3, -0.25) is 14.2 Å². The average Bonchev–Trinajstić information content (AvgIpc) is 2.70. The summed E-state index contributed by atoms with van der Waals surface area (Å²) in [7, 11) is 0. The minimum atomic E-state index is -0.277. The van der Waals surface area contributed by atoms with Crippen LogP contribution in [0.25, 0.3) is 16.6 Å². The average molecular weight is 390 g/mol. The molecule has 1 N–H and O–H groups in total. The smallest absolute Gasteiger partial charge is 0.265 e. The Balaban J connectivity index is 1.67. The molecule has 0 aliphatic carbocycles. The van der Waals surface area contributed by atoms with Crippen molar-refractivity contribution in [1.29, 1.82) is 0 Å². The van der Waals surface area contributed by atoms with Crippen LogP contribution in [0.1, 0.15) is 16.2 Å². The number of carbonyl (C=O) groups excluding carboxylic acids is 1. The standard InChI is InChI=1S/C22H16ClN3O2/c1-14-24-19-8-4-2-6-17(19)22(28)26(14)16-12-10-15(11-13-16)21(27)25-20-9-5-3-7-18(20)23/h2-13H,1H3,(H,25,27). The predicted octanol–water partition coefficient (Wildman–Crippen LogP) is 4.60. The van der Waals surface area contributed by atoms with Crippen molar-refractivity contribution in [2.75, 3.05) is 5.32 Å². The molecule has 0 unspecified atom stereocenters. The van der Waals surface area contributed by atoms with Crippen LogP contribution in [0.4, 0.5) is 5.69 Å². The molecule has 0 atom stereocenters. The van der Waals surface area contributed by atoms with Gasteiger partial charge in [0.2, 0.25) is 0 Å². The summed E-state index contributed by atoms with van der Waals surface area (Å²) in [6, 6.07) is 21.1. The first-order valence-electron chi connectivity index (χ1n) is 8.69. The summed E-state index contributed by atoms with van der Waals surface area (Å²) < 4.78 is 1.54. The third-order valence-corrected chi connectivity index (χ3v) is 4.78. The van der Waals surface area contributed by atoms with Gasteiger partial charge >= 0.3 is 0 Å². The number of para-hydroxylation sites is 2. The number of nitrogens with zero attached hydrogens (tertiary/aromatic N) is 2. The summed E-state index contributed by atoms with van der Waals surface area (Å²) in [5, 5.41) is 3.80. The maximum Gasteiger partial charge on any atom is 0.265 e. The van der Waals surface area contributed by atoms with E-state index in [4.69, 9.17) is 11.6 Å². The largest absolute Gasteiger partial charge is 0.321 e. The van der Waals surface area contributed by atoms with Gasteiger partial charge in [0.15, 0.2) is 0 Å². The molecule has 3 aromatic carbocycles. The van der Waals surface area contributed by atoms with Gasteiger partial charge in [-0.1, -0.05) is 35.9 Å². The van der Waals surface area contributed by atoms with Crippen molar-refractivity contribution < 1.29 is 4.79 Å². The van der Waals surface area contributed by atoms with Crippen molar-refractivity contribution in [3.05, 3.63) is 99.6 Å². The SMILES string of the molecule is Cc1nc2ccccc2c(=O)n1-c1ccc(C(=O)Nc2ccccc2Cl)cc1. The maximum atomic E-state index is 12.9. The lowest BCUT2D eigenvalue weighted by atomic mass is 10.1. The number of hydrogen-bond donors (Lipinski definition) is 1. The molecule has 0 bridgehead atoms. The number of halogens is 1. The minimum absolute atomic E-state index is 0.142. The van der Waals surface area contributed by atoms with Crippen LogP contribution < -0.4 is 10.9 Å². The van der Waals surface area contributed by atoms with Crippen molar-refractivity contribution in [1.82, 2.24) is 9.55 Å². The number of anilines is 1. The van der Waals surface area contributed by atoms with Gasteiger partial charge in [-0.15, -0.1) is 0 Å². The molecule has 6 heteroatoms. The van der Waals surface area contributed by atoms with E-state index in [1.165, 1.54) is 4.57 Å². The summed E-state index contributed by atoms with van der Waals surface area (Å²) in [5.41, 5.74) is 2.18. The van der Waals surface area contributed by atoms with E-state index in [1.54, 1.807) is 61.5 Å². The van der Waals surface area contributed by atoms with E-state index in [1.807, 2.05) is 18.2 Å². The number of benzene rings is 3. The maximum absolute atomic E-state index is 12.9. The number of hydrogen-bond acceptors (Lipinski definition) is 3. The van der Waals surface area contributed by atoms with Crippen molar-refractivity contribution in [3.63, 3.8) is 0 Å². The molecular formula is C22H16ClN3O2. The zero-order chi connectivity index (χ0) is 19.7. The van der Waals surface area contributed by atoms with Crippen molar-refractivity contribution >= 4 is 34.1 Å². The summed E-state index contributed by atoms with van der Waals surface area (Å²) in [5.74, 6) is 0.303. The van der Waals surface area contributed by atoms with E-state index in [9.17, 15) is 9.59 Å². The Morgan fingerprint density at radius 1 is 0.964 bits per heavy atom. The van der Waals surface area contributed by atoms with Gasteiger partial charge in [0.1, 0.15) is 5.82 Å². The van der Waals surface area contributed by atoms with Crippen molar-refractivity contribution in [2.45, 2.75) is 6.92 Å². The lowest BCUT2D eigenvalue weighted by Gasteiger charge is -2.12. The highest BCUT2D eigenvalue weighted by Gasteiger charge is 2.12. The van der Waals surface area contributed by atoms with Crippen LogP contribution in [0.3, 0.4) is 0 Å². The quantitative estimate of drug-likeness (QED) is 0.557. The number of rotatable bonds is 3. The van der Waals surface area contributed by atoms with Gasteiger partial charge in [0.05, 0.1) is 27.3 Å². The van der Waals surface area contributed by atoms with Gasteiger partial charge in [0.25, 0.3) is 11.5 Å². The lowest BCUT2D eigenvalue weighted by Crippen LogP contribution is -2.22. The zero-order valence-electron chi connectivity index (χ0n) is 15.0. The van der Waals surface area contributed by atoms with E-state index in [0.717, 1.165) is 0 Å². The third-order valence-electron chi connectivity index (χ3n) is 4.45. The second-order valence-electron chi connectivity index (χ2n) is 6.30. The summed E-state index contributed by atoms with van der Waals surface area (Å²) in [6.07, 6.45) is 0. The Labute approximate surface area is 166 Å². The van der Waals surface area contributed by atoms with Crippen LogP contribution >= 0.6 is 11.6 Å². The molecule has 0 spiro atoms. The fraction of sp³-hybridized carbons (Fsp3) is 0.0455. The highest BCUT2D eigenvalue weighted by Crippen LogP contribution is 2.21. The van der Waals surface area contributed by atoms with E-state index in [2.05, 4.69) is 10.3 Å². The monoisotopic (exact) mass is 389 g/mol. The molecule has 0 saturated carbocycles. The first kappa shape index (κ1) is 17.9. The Morgan fingerprint density at radius 3 is 2.39 bits per heavy atom. The van der Waals surface area contributed by atoms with Crippen LogP contribution in [0.15, 0.2) is 77.6 Å². The second kappa shape index (κ2) is 7.29. The molecule has 0 aliphatic rings. The normalized spacial score (nSPS) is 10.8. The molecule has 28 heavy (non-hydrogen) atoms. The second-order valence-corrected chi connectivity index (χ2v) is 6.70. The van der Waals surface area contributed by atoms with Gasteiger partial charge in [0, 0.05) is 5.56 Å². The fourth-order valence-corrected chi connectivity index (χ4v) is 3.25. The molecule has 4 rings (SSSR count). The predicted molar refractivity (Wildman–Crippen MR) is 111 cm³/mol. The number of carbonyl (C=O) groups is 1. The van der Waals surface area contributed by atoms with Gasteiger partial charge in [-0.25, -0.2) is 4.98 Å². The molecule has 138 valence electrons. The van der Waals surface area contributed by atoms with Crippen LogP contribution in [-0.4, -0.2) is 15.5 Å². The summed E-state index contributed by atoms with van der Waals surface area (Å²) in [4.78, 5) is 29.9. The molecular weight excluding hydrogens is 374 g/mol. The van der Waals surface area contributed by atoms with Crippen molar-refractivity contribution in [3.8, 4) is 5.69 Å². The number of aryl methyl sites for hydroxylation is 1. The molecule has 0 saturated heterocycles. The zero-order valence-corrected chi connectivity index (χ0v) is 15.8. The minimum Gasteiger partial charge on any atom is -0.321 e. The first-order chi connectivity index (χ1) is 13.5. The molecule has 5 nitrogen and oxygen atoms in total. The van der Waals surface area contributed by atoms with Crippen LogP contribution in [-0.2, 0) is 0 Å². The lowest BCUT2D eigenvalue weighted by molar-refractivity contribution is 0.102. The van der Waals surface area contributed by atoms with Gasteiger partial charge in [-0.05, 0) is 55.5 Å².